The van der Waals surface area contributed by atoms with E-state index in [0.717, 1.165) is 12.1 Å². The maximum absolute atomic E-state index is 15.4. The molecule has 39 heavy (non-hydrogen) atoms. The van der Waals surface area contributed by atoms with Crippen LogP contribution in [-0.2, 0) is 4.74 Å². The Morgan fingerprint density at radius 1 is 1.23 bits per heavy atom. The highest BCUT2D eigenvalue weighted by molar-refractivity contribution is 6.11. The Morgan fingerprint density at radius 3 is 2.82 bits per heavy atom. The number of nitrogens with two attached hydrogens (primary N) is 1. The van der Waals surface area contributed by atoms with E-state index in [1.54, 1.807) is 43.7 Å². The highest BCUT2D eigenvalue weighted by Gasteiger charge is 2.24. The lowest BCUT2D eigenvalue weighted by atomic mass is 10.0. The number of halogens is 1. The maximum atomic E-state index is 15.4. The molecule has 4 N–H and O–H groups in total. The number of pyridine rings is 1. The summed E-state index contributed by atoms with van der Waals surface area (Å²) in [5.74, 6) is 0.527. The molecule has 10 heteroatoms. The second-order valence-corrected chi connectivity index (χ2v) is 8.68. The van der Waals surface area contributed by atoms with Crippen LogP contribution < -0.4 is 21.1 Å². The molecule has 1 aliphatic rings. The number of morpholine rings is 1. The molecule has 0 aliphatic carbocycles. The van der Waals surface area contributed by atoms with E-state index in [-0.39, 0.29) is 17.8 Å². The number of aromatic nitrogens is 3. The van der Waals surface area contributed by atoms with Gasteiger partial charge >= 0.3 is 0 Å². The minimum atomic E-state index is -0.416. The Hall–Kier alpha value is -4.15. The van der Waals surface area contributed by atoms with E-state index < -0.39 is 5.82 Å². The summed E-state index contributed by atoms with van der Waals surface area (Å²) in [5, 5.41) is 7.61. The molecular formula is C29H34FN7O2. The van der Waals surface area contributed by atoms with Gasteiger partial charge in [0.2, 0.25) is 0 Å². The second-order valence-electron chi connectivity index (χ2n) is 8.68. The number of nitrogens with one attached hydrogen (secondary N) is 2. The Bertz CT molecular complexity index is 1490. The third kappa shape index (κ3) is 6.13. The summed E-state index contributed by atoms with van der Waals surface area (Å²) in [4.78, 5) is 17.3. The molecule has 9 nitrogen and oxygen atoms in total. The molecule has 4 aromatic rings. The molecule has 0 saturated carbocycles. The number of benzene rings is 2. The SMILES string of the molecule is CC.CN=C/C(=C\N)c1cc(OC(C)C2COCCN2)c2c(Nc3ccc4ncccc4c3F)ncnc2c1. The van der Waals surface area contributed by atoms with E-state index in [1.165, 1.54) is 12.5 Å². The first-order valence-electron chi connectivity index (χ1n) is 13.0. The van der Waals surface area contributed by atoms with Crippen molar-refractivity contribution < 1.29 is 13.9 Å². The number of ether oxygens (including phenoxy) is 2. The van der Waals surface area contributed by atoms with Gasteiger partial charge in [0.1, 0.15) is 24.0 Å². The van der Waals surface area contributed by atoms with E-state index in [2.05, 4.69) is 30.6 Å². The molecule has 1 saturated heterocycles. The van der Waals surface area contributed by atoms with Crippen LogP contribution in [0.15, 0.2) is 60.1 Å². The van der Waals surface area contributed by atoms with Crippen molar-refractivity contribution in [3.05, 3.63) is 66.5 Å². The van der Waals surface area contributed by atoms with Crippen LogP contribution >= 0.6 is 0 Å². The number of nitrogens with zero attached hydrogens (tertiary/aromatic N) is 4. The van der Waals surface area contributed by atoms with E-state index in [9.17, 15) is 0 Å². The molecule has 5 rings (SSSR count). The lowest BCUT2D eigenvalue weighted by molar-refractivity contribution is 0.0341. The largest absolute Gasteiger partial charge is 0.488 e. The number of aliphatic imine (C=N–C) groups is 1. The summed E-state index contributed by atoms with van der Waals surface area (Å²) in [6.07, 6.45) is 5.98. The van der Waals surface area contributed by atoms with Gasteiger partial charge in [0.05, 0.1) is 41.4 Å². The number of anilines is 2. The van der Waals surface area contributed by atoms with Gasteiger partial charge in [0.15, 0.2) is 5.82 Å². The summed E-state index contributed by atoms with van der Waals surface area (Å²) in [6, 6.07) is 10.6. The highest BCUT2D eigenvalue weighted by Crippen LogP contribution is 2.36. The Balaban J connectivity index is 0.00000172. The third-order valence-electron chi connectivity index (χ3n) is 6.29. The molecule has 0 amide bonds. The van der Waals surface area contributed by atoms with Crippen molar-refractivity contribution >= 4 is 45.1 Å². The standard InChI is InChI=1S/C27H28FN7O2.C2H6/c1-16(23-14-36-9-8-32-23)37-24-11-17(18(12-29)13-30-2)10-22-25(24)27(34-15-33-22)35-21-6-5-20-19(26(21)28)4-3-7-31-20;1-2/h3-7,10-13,15-16,23,32H,8-9,14,29H2,1-2H3,(H,33,34,35);1-2H3/b18-12+,30-13?;. The quantitative estimate of drug-likeness (QED) is 0.290. The van der Waals surface area contributed by atoms with E-state index in [4.69, 9.17) is 15.2 Å². The van der Waals surface area contributed by atoms with E-state index >= 15 is 4.39 Å². The van der Waals surface area contributed by atoms with Gasteiger partial charge in [0, 0.05) is 43.2 Å². The molecular weight excluding hydrogens is 497 g/mol. The van der Waals surface area contributed by atoms with Gasteiger partial charge in [-0.25, -0.2) is 14.4 Å². The Kier molecular flexibility index (Phi) is 9.35. The first kappa shape index (κ1) is 27.9. The van der Waals surface area contributed by atoms with Crippen molar-refractivity contribution in [2.45, 2.75) is 32.9 Å². The lowest BCUT2D eigenvalue weighted by Gasteiger charge is -2.30. The predicted molar refractivity (Wildman–Crippen MR) is 155 cm³/mol. The number of allylic oxidation sites excluding steroid dienone is 1. The molecule has 2 unspecified atom stereocenters. The molecule has 0 bridgehead atoms. The van der Waals surface area contributed by atoms with Crippen molar-refractivity contribution in [3.63, 3.8) is 0 Å². The monoisotopic (exact) mass is 531 g/mol. The highest BCUT2D eigenvalue weighted by atomic mass is 19.1. The Morgan fingerprint density at radius 2 is 2.08 bits per heavy atom. The fourth-order valence-corrected chi connectivity index (χ4v) is 4.37. The normalized spacial score (nSPS) is 16.6. The van der Waals surface area contributed by atoms with E-state index in [0.29, 0.717) is 52.2 Å². The first-order valence-corrected chi connectivity index (χ1v) is 13.0. The third-order valence-corrected chi connectivity index (χ3v) is 6.29. The van der Waals surface area contributed by atoms with Crippen molar-refractivity contribution in [2.24, 2.45) is 10.7 Å². The average Bonchev–Trinajstić information content (AvgIpc) is 2.98. The van der Waals surface area contributed by atoms with Crippen LogP contribution in [0, 0.1) is 5.82 Å². The van der Waals surface area contributed by atoms with Crippen LogP contribution in [0.3, 0.4) is 0 Å². The topological polar surface area (TPSA) is 120 Å². The number of hydrogen-bond acceptors (Lipinski definition) is 9. The van der Waals surface area contributed by atoms with Crippen molar-refractivity contribution in [1.29, 1.82) is 0 Å². The smallest absolute Gasteiger partial charge is 0.156 e. The molecule has 2 atom stereocenters. The van der Waals surface area contributed by atoms with Gasteiger partial charge in [-0.05, 0) is 48.9 Å². The Labute approximate surface area is 227 Å². The van der Waals surface area contributed by atoms with Crippen molar-refractivity contribution in [2.75, 3.05) is 32.1 Å². The lowest BCUT2D eigenvalue weighted by Crippen LogP contribution is -2.49. The molecule has 2 aromatic carbocycles. The average molecular weight is 532 g/mol. The summed E-state index contributed by atoms with van der Waals surface area (Å²) < 4.78 is 27.5. The number of hydrogen-bond donors (Lipinski definition) is 3. The number of fused-ring (bicyclic) bond motifs is 2. The van der Waals surface area contributed by atoms with Crippen LogP contribution in [0.2, 0.25) is 0 Å². The van der Waals surface area contributed by atoms with Gasteiger partial charge < -0.3 is 25.8 Å². The van der Waals surface area contributed by atoms with Crippen LogP contribution in [0.25, 0.3) is 27.4 Å². The van der Waals surface area contributed by atoms with Crippen LogP contribution in [0.4, 0.5) is 15.9 Å². The zero-order chi connectivity index (χ0) is 27.8. The van der Waals surface area contributed by atoms with Gasteiger partial charge in [-0.2, -0.15) is 0 Å². The predicted octanol–water partition coefficient (Wildman–Crippen LogP) is 4.84. The van der Waals surface area contributed by atoms with Gasteiger partial charge in [0.25, 0.3) is 0 Å². The second kappa shape index (κ2) is 13.1. The molecule has 1 fully saturated rings. The van der Waals surface area contributed by atoms with Gasteiger partial charge in [-0.1, -0.05) is 13.8 Å². The zero-order valence-corrected chi connectivity index (χ0v) is 22.6. The van der Waals surface area contributed by atoms with Crippen molar-refractivity contribution in [3.8, 4) is 5.75 Å². The number of rotatable bonds is 7. The summed E-state index contributed by atoms with van der Waals surface area (Å²) in [6.45, 7) is 7.92. The van der Waals surface area contributed by atoms with Gasteiger partial charge in [-0.15, -0.1) is 0 Å². The molecule has 204 valence electrons. The van der Waals surface area contributed by atoms with Crippen LogP contribution in [0.5, 0.6) is 5.75 Å². The summed E-state index contributed by atoms with van der Waals surface area (Å²) in [7, 11) is 1.68. The summed E-state index contributed by atoms with van der Waals surface area (Å²) in [5.41, 5.74) is 8.82. The molecule has 0 radical (unpaired) electrons. The zero-order valence-electron chi connectivity index (χ0n) is 22.6. The fraction of sp³-hybridized carbons (Fsp3) is 0.310. The summed E-state index contributed by atoms with van der Waals surface area (Å²) >= 11 is 0. The van der Waals surface area contributed by atoms with Crippen LogP contribution in [0.1, 0.15) is 26.3 Å². The van der Waals surface area contributed by atoms with Crippen LogP contribution in [-0.4, -0.2) is 60.1 Å². The van der Waals surface area contributed by atoms with E-state index in [1.807, 2.05) is 32.9 Å². The van der Waals surface area contributed by atoms with Gasteiger partial charge in [-0.3, -0.25) is 9.98 Å². The minimum absolute atomic E-state index is 0.000605. The maximum Gasteiger partial charge on any atom is 0.156 e. The van der Waals surface area contributed by atoms with Crippen molar-refractivity contribution in [1.82, 2.24) is 20.3 Å². The minimum Gasteiger partial charge on any atom is -0.488 e. The fourth-order valence-electron chi connectivity index (χ4n) is 4.37. The molecule has 1 aliphatic heterocycles. The molecule has 2 aromatic heterocycles. The molecule has 3 heterocycles. The molecule has 0 spiro atoms. The first-order chi connectivity index (χ1) is 19.1.